The summed E-state index contributed by atoms with van der Waals surface area (Å²) in [6.45, 7) is 1.84. The van der Waals surface area contributed by atoms with Crippen molar-refractivity contribution in [3.63, 3.8) is 0 Å². The van der Waals surface area contributed by atoms with Crippen LogP contribution in [0.25, 0.3) is 0 Å². The van der Waals surface area contributed by atoms with E-state index < -0.39 is 28.5 Å². The largest absolute Gasteiger partial charge is 0.497 e. The van der Waals surface area contributed by atoms with E-state index in [-0.39, 0.29) is 39.6 Å². The fraction of sp³-hybridized carbons (Fsp3) is 0.333. The summed E-state index contributed by atoms with van der Waals surface area (Å²) in [7, 11) is -2.49. The van der Waals surface area contributed by atoms with Crippen LogP contribution in [0.5, 0.6) is 5.75 Å². The third kappa shape index (κ3) is 9.26. The summed E-state index contributed by atoms with van der Waals surface area (Å²) in [5.41, 5.74) is 1.53. The third-order valence-corrected chi connectivity index (χ3v) is 8.68. The van der Waals surface area contributed by atoms with Gasteiger partial charge in [0.2, 0.25) is 21.8 Å². The topological polar surface area (TPSA) is 96.0 Å². The van der Waals surface area contributed by atoms with E-state index in [1.807, 2.05) is 43.3 Å². The number of carbonyl (C=O) groups is 2. The first-order chi connectivity index (χ1) is 19.9. The molecule has 0 saturated heterocycles. The van der Waals surface area contributed by atoms with Crippen LogP contribution in [-0.4, -0.2) is 57.6 Å². The van der Waals surface area contributed by atoms with Gasteiger partial charge >= 0.3 is 0 Å². The molecule has 0 aromatic heterocycles. The summed E-state index contributed by atoms with van der Waals surface area (Å²) in [6, 6.07) is 18.1. The quantitative estimate of drug-likeness (QED) is 0.171. The zero-order valence-electron chi connectivity index (χ0n) is 23.6. The van der Waals surface area contributed by atoms with Crippen LogP contribution in [0.2, 0.25) is 15.1 Å². The van der Waals surface area contributed by atoms with Crippen LogP contribution >= 0.6 is 34.8 Å². The lowest BCUT2D eigenvalue weighted by Gasteiger charge is -2.33. The fourth-order valence-electron chi connectivity index (χ4n) is 4.33. The van der Waals surface area contributed by atoms with Gasteiger partial charge in [0.15, 0.2) is 0 Å². The van der Waals surface area contributed by atoms with Crippen LogP contribution in [0.4, 0.5) is 5.69 Å². The van der Waals surface area contributed by atoms with Gasteiger partial charge in [-0.05, 0) is 41.8 Å². The van der Waals surface area contributed by atoms with Crippen molar-refractivity contribution in [3.8, 4) is 5.75 Å². The molecule has 42 heavy (non-hydrogen) atoms. The molecular weight excluding hydrogens is 621 g/mol. The highest BCUT2D eigenvalue weighted by Crippen LogP contribution is 2.35. The van der Waals surface area contributed by atoms with E-state index in [1.54, 1.807) is 18.2 Å². The highest BCUT2D eigenvalue weighted by molar-refractivity contribution is 7.92. The first-order valence-electron chi connectivity index (χ1n) is 13.3. The van der Waals surface area contributed by atoms with E-state index in [9.17, 15) is 18.0 Å². The molecule has 0 aliphatic carbocycles. The van der Waals surface area contributed by atoms with Crippen LogP contribution in [0.15, 0.2) is 66.7 Å². The Bertz CT molecular complexity index is 1490. The van der Waals surface area contributed by atoms with Gasteiger partial charge in [0.05, 0.1) is 34.1 Å². The molecule has 0 spiro atoms. The lowest BCUT2D eigenvalue weighted by molar-refractivity contribution is -0.140. The standard InChI is InChI=1S/C30H34Cl3N3O5S/c1-4-5-14-34-30(38)28(16-21-10-7-6-8-11-21)35(19-22-12-9-13-23(15-22)41-2)29(37)20-36(42(3,39)40)27-18-25(32)24(31)17-26(27)33/h6-13,15,17-18,28H,4-5,14,16,19-20H2,1-3H3,(H,34,38)/t28-/m1/s1. The smallest absolute Gasteiger partial charge is 0.244 e. The maximum Gasteiger partial charge on any atom is 0.244 e. The Kier molecular flexibility index (Phi) is 12.4. The molecule has 0 aliphatic rings. The van der Waals surface area contributed by atoms with E-state index in [1.165, 1.54) is 24.1 Å². The molecule has 12 heteroatoms. The predicted molar refractivity (Wildman–Crippen MR) is 169 cm³/mol. The van der Waals surface area contributed by atoms with Gasteiger partial charge in [-0.25, -0.2) is 8.42 Å². The highest BCUT2D eigenvalue weighted by atomic mass is 35.5. The van der Waals surface area contributed by atoms with Gasteiger partial charge in [-0.1, -0.05) is 90.6 Å². The van der Waals surface area contributed by atoms with Crippen LogP contribution < -0.4 is 14.4 Å². The van der Waals surface area contributed by atoms with E-state index in [0.717, 1.165) is 29.0 Å². The summed E-state index contributed by atoms with van der Waals surface area (Å²) in [5, 5.41) is 3.15. The molecular formula is C30H34Cl3N3O5S. The van der Waals surface area contributed by atoms with Crippen molar-refractivity contribution in [2.75, 3.05) is 30.8 Å². The van der Waals surface area contributed by atoms with E-state index in [2.05, 4.69) is 5.32 Å². The number of hydrogen-bond acceptors (Lipinski definition) is 5. The minimum Gasteiger partial charge on any atom is -0.497 e. The van der Waals surface area contributed by atoms with Crippen LogP contribution in [0.3, 0.4) is 0 Å². The third-order valence-electron chi connectivity index (χ3n) is 6.53. The van der Waals surface area contributed by atoms with Gasteiger partial charge in [-0.3, -0.25) is 13.9 Å². The molecule has 0 unspecified atom stereocenters. The Morgan fingerprint density at radius 3 is 2.24 bits per heavy atom. The second-order valence-corrected chi connectivity index (χ2v) is 12.8. The molecule has 226 valence electrons. The first kappa shape index (κ1) is 33.5. The van der Waals surface area contributed by atoms with Gasteiger partial charge in [-0.2, -0.15) is 0 Å². The zero-order valence-corrected chi connectivity index (χ0v) is 26.7. The Hall–Kier alpha value is -2.98. The molecule has 3 rings (SSSR count). The van der Waals surface area contributed by atoms with Gasteiger partial charge < -0.3 is 15.0 Å². The van der Waals surface area contributed by atoms with Crippen LogP contribution in [-0.2, 0) is 32.6 Å². The Morgan fingerprint density at radius 2 is 1.60 bits per heavy atom. The monoisotopic (exact) mass is 653 g/mol. The number of methoxy groups -OCH3 is 1. The number of sulfonamides is 1. The summed E-state index contributed by atoms with van der Waals surface area (Å²) in [5.74, 6) is -0.383. The van der Waals surface area contributed by atoms with Crippen LogP contribution in [0, 0.1) is 0 Å². The maximum atomic E-state index is 14.2. The second kappa shape index (κ2) is 15.5. The second-order valence-electron chi connectivity index (χ2n) is 9.71. The minimum atomic E-state index is -4.03. The van der Waals surface area contributed by atoms with Crippen molar-refractivity contribution >= 4 is 62.3 Å². The van der Waals surface area contributed by atoms with E-state index in [4.69, 9.17) is 39.5 Å². The number of unbranched alkanes of at least 4 members (excludes halogenated alkanes) is 1. The summed E-state index contributed by atoms with van der Waals surface area (Å²) in [4.78, 5) is 29.2. The average molecular weight is 655 g/mol. The van der Waals surface area contributed by atoms with Gasteiger partial charge in [0.25, 0.3) is 0 Å². The number of amides is 2. The molecule has 0 radical (unpaired) electrons. The minimum absolute atomic E-state index is 0.000106. The molecule has 0 bridgehead atoms. The zero-order chi connectivity index (χ0) is 30.9. The first-order valence-corrected chi connectivity index (χ1v) is 16.3. The molecule has 3 aromatic carbocycles. The lowest BCUT2D eigenvalue weighted by atomic mass is 10.0. The molecule has 0 heterocycles. The summed E-state index contributed by atoms with van der Waals surface area (Å²) in [6.07, 6.45) is 2.82. The number of benzene rings is 3. The number of rotatable bonds is 14. The fourth-order valence-corrected chi connectivity index (χ4v) is 5.87. The van der Waals surface area contributed by atoms with E-state index in [0.29, 0.717) is 17.9 Å². The number of hydrogen-bond donors (Lipinski definition) is 1. The van der Waals surface area contributed by atoms with Crippen LogP contribution in [0.1, 0.15) is 30.9 Å². The number of halogens is 3. The number of carbonyl (C=O) groups excluding carboxylic acids is 2. The number of ether oxygens (including phenoxy) is 1. The van der Waals surface area contributed by atoms with E-state index >= 15 is 0 Å². The number of nitrogens with zero attached hydrogens (tertiary/aromatic N) is 2. The van der Waals surface area contributed by atoms with Crippen molar-refractivity contribution in [2.24, 2.45) is 0 Å². The molecule has 0 saturated carbocycles. The molecule has 2 amide bonds. The van der Waals surface area contributed by atoms with Crippen molar-refractivity contribution in [3.05, 3.63) is 92.9 Å². The van der Waals surface area contributed by atoms with Gasteiger partial charge in [-0.15, -0.1) is 0 Å². The number of anilines is 1. The van der Waals surface area contributed by atoms with Gasteiger partial charge in [0.1, 0.15) is 18.3 Å². The average Bonchev–Trinajstić information content (AvgIpc) is 2.95. The van der Waals surface area contributed by atoms with Gasteiger partial charge in [0, 0.05) is 19.5 Å². The molecule has 0 fully saturated rings. The molecule has 1 N–H and O–H groups in total. The summed E-state index contributed by atoms with van der Waals surface area (Å²) >= 11 is 18.6. The number of nitrogens with one attached hydrogen (secondary N) is 1. The van der Waals surface area contributed by atoms with Crippen molar-refractivity contribution < 1.29 is 22.7 Å². The SMILES string of the molecule is CCCCNC(=O)[C@@H](Cc1ccccc1)N(Cc1cccc(OC)c1)C(=O)CN(c1cc(Cl)c(Cl)cc1Cl)S(C)(=O)=O. The Labute approximate surface area is 262 Å². The molecule has 3 aromatic rings. The Morgan fingerprint density at radius 1 is 0.929 bits per heavy atom. The normalized spacial score (nSPS) is 12.0. The molecule has 1 atom stereocenters. The van der Waals surface area contributed by atoms with Crippen molar-refractivity contribution in [1.82, 2.24) is 10.2 Å². The van der Waals surface area contributed by atoms with Crippen molar-refractivity contribution in [1.29, 1.82) is 0 Å². The molecule has 8 nitrogen and oxygen atoms in total. The summed E-state index contributed by atoms with van der Waals surface area (Å²) < 4.78 is 32.2. The van der Waals surface area contributed by atoms with Crippen molar-refractivity contribution in [2.45, 2.75) is 38.8 Å². The Balaban J connectivity index is 2.09. The lowest BCUT2D eigenvalue weighted by Crippen LogP contribution is -2.53. The molecule has 0 aliphatic heterocycles. The highest BCUT2D eigenvalue weighted by Gasteiger charge is 2.33. The predicted octanol–water partition coefficient (Wildman–Crippen LogP) is 5.98. The maximum absolute atomic E-state index is 14.2.